The number of allylic oxidation sites excluding steroid dienone is 8. The molecule has 3 heteroatoms. The summed E-state index contributed by atoms with van der Waals surface area (Å²) in [7, 11) is 0. The first kappa shape index (κ1) is 23.0. The van der Waals surface area contributed by atoms with Crippen LogP contribution in [0.15, 0.2) is 105 Å². The van der Waals surface area contributed by atoms with E-state index in [0.29, 0.717) is 5.92 Å². The molecule has 2 aromatic carbocycles. The van der Waals surface area contributed by atoms with Crippen LogP contribution in [0.4, 0.5) is 0 Å². The van der Waals surface area contributed by atoms with E-state index >= 15 is 0 Å². The number of rotatable bonds is 5. The summed E-state index contributed by atoms with van der Waals surface area (Å²) in [6.07, 6.45) is 13.8. The van der Waals surface area contributed by atoms with Gasteiger partial charge in [-0.1, -0.05) is 0 Å². The van der Waals surface area contributed by atoms with Crippen LogP contribution in [0, 0.1) is 5.92 Å². The van der Waals surface area contributed by atoms with Gasteiger partial charge in [-0.15, -0.1) is 24.8 Å². The van der Waals surface area contributed by atoms with Crippen molar-refractivity contribution in [2.75, 3.05) is 0 Å². The second-order valence-corrected chi connectivity index (χ2v) is 10.2. The van der Waals surface area contributed by atoms with Gasteiger partial charge in [0.2, 0.25) is 0 Å². The molecule has 0 bridgehead atoms. The van der Waals surface area contributed by atoms with E-state index in [1.54, 1.807) is 17.6 Å². The van der Waals surface area contributed by atoms with Gasteiger partial charge in [-0.05, 0) is 0 Å². The van der Waals surface area contributed by atoms with E-state index in [1.807, 2.05) is 0 Å². The maximum atomic E-state index is 2.40. The fourth-order valence-electron chi connectivity index (χ4n) is 3.71. The summed E-state index contributed by atoms with van der Waals surface area (Å²) in [6, 6.07) is 22.0. The molecule has 1 atom stereocenters. The van der Waals surface area contributed by atoms with Crippen molar-refractivity contribution in [1.29, 1.82) is 0 Å². The molecule has 2 aromatic rings. The first-order valence-electron chi connectivity index (χ1n) is 9.33. The van der Waals surface area contributed by atoms with Gasteiger partial charge in [-0.25, -0.2) is 0 Å². The molecule has 1 unspecified atom stereocenters. The zero-order valence-electron chi connectivity index (χ0n) is 16.0. The van der Waals surface area contributed by atoms with Crippen LogP contribution >= 0.6 is 24.8 Å². The van der Waals surface area contributed by atoms with Crippen molar-refractivity contribution in [3.8, 4) is 0 Å². The van der Waals surface area contributed by atoms with Crippen molar-refractivity contribution in [2.45, 2.75) is 19.8 Å². The summed E-state index contributed by atoms with van der Waals surface area (Å²) < 4.78 is 3.33. The largest absolute Gasteiger partial charge is 0.147 e. The monoisotopic (exact) mass is 485 g/mol. The average molecular weight is 488 g/mol. The van der Waals surface area contributed by atoms with Crippen LogP contribution < -0.4 is 0 Å². The van der Waals surface area contributed by atoms with Gasteiger partial charge in [-0.2, -0.15) is 0 Å². The van der Waals surface area contributed by atoms with Gasteiger partial charge >= 0.3 is 168 Å². The summed E-state index contributed by atoms with van der Waals surface area (Å²) in [5.74, 6) is 0.549. The molecule has 0 spiro atoms. The van der Waals surface area contributed by atoms with Crippen molar-refractivity contribution < 1.29 is 22.8 Å². The summed E-state index contributed by atoms with van der Waals surface area (Å²) in [5.41, 5.74) is 5.96. The first-order chi connectivity index (χ1) is 12.8. The molecule has 0 aromatic heterocycles. The van der Waals surface area contributed by atoms with Gasteiger partial charge in [0, 0.05) is 0 Å². The summed E-state index contributed by atoms with van der Waals surface area (Å²) in [4.78, 5) is 0. The Labute approximate surface area is 192 Å². The van der Waals surface area contributed by atoms with E-state index < -0.39 is 22.8 Å². The molecule has 28 heavy (non-hydrogen) atoms. The minimum absolute atomic E-state index is 0. The maximum Gasteiger partial charge on any atom is -0.147 e. The summed E-state index contributed by atoms with van der Waals surface area (Å²) >= 11 is -0.871. The van der Waals surface area contributed by atoms with Gasteiger partial charge < -0.3 is 0 Å². The number of hydrogen-bond acceptors (Lipinski definition) is 0. The molecule has 0 N–H and O–H groups in total. The molecule has 2 aliphatic rings. The van der Waals surface area contributed by atoms with Crippen LogP contribution in [-0.2, 0) is 22.8 Å². The van der Waals surface area contributed by atoms with E-state index in [4.69, 9.17) is 0 Å². The molecule has 0 radical (unpaired) electrons. The molecular weight excluding hydrogens is 462 g/mol. The van der Waals surface area contributed by atoms with Crippen LogP contribution in [0.3, 0.4) is 0 Å². The minimum Gasteiger partial charge on any atom is -0.147 e. The standard InChI is InChI=1S/C13H10.C12H13.2ClH.Zr/c1-3-7-12(8-4-1)11-13-9-5-2-6-10-13;1-10(11-6-2-3-7-11)12-8-4-5-9-12;;;/h1-10H;2-4,6,8,10H,5,7H2,1H3;2*1H;. The van der Waals surface area contributed by atoms with Crippen LogP contribution in [0.2, 0.25) is 0 Å². The van der Waals surface area contributed by atoms with Crippen molar-refractivity contribution in [3.05, 3.63) is 117 Å². The molecule has 0 saturated carbocycles. The van der Waals surface area contributed by atoms with Gasteiger partial charge in [-0.3, -0.25) is 0 Å². The van der Waals surface area contributed by atoms with Crippen molar-refractivity contribution in [2.24, 2.45) is 5.92 Å². The van der Waals surface area contributed by atoms with Crippen LogP contribution in [-0.4, -0.2) is 3.21 Å². The topological polar surface area (TPSA) is 0 Å². The Hall–Kier alpha value is -1.27. The Balaban J connectivity index is 0.00000140. The maximum absolute atomic E-state index is 2.40. The second kappa shape index (κ2) is 11.1. The van der Waals surface area contributed by atoms with E-state index in [1.165, 1.54) is 11.1 Å². The Kier molecular flexibility index (Phi) is 9.09. The van der Waals surface area contributed by atoms with E-state index in [0.717, 1.165) is 12.8 Å². The molecule has 143 valence electrons. The second-order valence-electron chi connectivity index (χ2n) is 6.87. The number of halogens is 2. The van der Waals surface area contributed by atoms with Crippen LogP contribution in [0.25, 0.3) is 0 Å². The Morgan fingerprint density at radius 3 is 1.96 bits per heavy atom. The van der Waals surface area contributed by atoms with Gasteiger partial charge in [0.05, 0.1) is 0 Å². The zero-order valence-corrected chi connectivity index (χ0v) is 20.1. The molecular formula is C25H25Cl2Zr. The number of benzene rings is 2. The van der Waals surface area contributed by atoms with Crippen molar-refractivity contribution >= 4 is 28.0 Å². The predicted molar refractivity (Wildman–Crippen MR) is 122 cm³/mol. The zero-order chi connectivity index (χ0) is 17.8. The van der Waals surface area contributed by atoms with Crippen molar-refractivity contribution in [1.82, 2.24) is 0 Å². The molecule has 0 heterocycles. The molecule has 0 aliphatic heterocycles. The van der Waals surface area contributed by atoms with Crippen LogP contribution in [0.1, 0.15) is 30.9 Å². The predicted octanol–water partition coefficient (Wildman–Crippen LogP) is 6.92. The molecule has 4 rings (SSSR count). The third kappa shape index (κ3) is 5.21. The number of hydrogen-bond donors (Lipinski definition) is 0. The minimum atomic E-state index is -0.871. The van der Waals surface area contributed by atoms with Crippen LogP contribution in [0.5, 0.6) is 0 Å². The Morgan fingerprint density at radius 1 is 0.821 bits per heavy atom. The Bertz CT molecular complexity index is 894. The molecule has 0 nitrogen and oxygen atoms in total. The third-order valence-electron chi connectivity index (χ3n) is 5.19. The summed E-state index contributed by atoms with van der Waals surface area (Å²) in [5, 5.41) is 0. The summed E-state index contributed by atoms with van der Waals surface area (Å²) in [6.45, 7) is 2.38. The normalized spacial score (nSPS) is 15.4. The molecule has 0 fully saturated rings. The van der Waals surface area contributed by atoms with Gasteiger partial charge in [0.25, 0.3) is 0 Å². The van der Waals surface area contributed by atoms with Crippen molar-refractivity contribution in [3.63, 3.8) is 0 Å². The smallest absolute Gasteiger partial charge is 0.147 e. The average Bonchev–Trinajstić information content (AvgIpc) is 3.39. The molecule has 0 saturated heterocycles. The van der Waals surface area contributed by atoms with Gasteiger partial charge in [0.1, 0.15) is 0 Å². The molecule has 0 amide bonds. The van der Waals surface area contributed by atoms with Gasteiger partial charge in [0.15, 0.2) is 0 Å². The fraction of sp³-hybridized carbons (Fsp3) is 0.160. The first-order valence-corrected chi connectivity index (χ1v) is 11.8. The molecule has 2 aliphatic carbocycles. The fourth-order valence-corrected chi connectivity index (χ4v) is 7.61. The van der Waals surface area contributed by atoms with E-state index in [9.17, 15) is 0 Å². The quantitative estimate of drug-likeness (QED) is 0.430. The van der Waals surface area contributed by atoms with E-state index in [2.05, 4.69) is 98.0 Å². The van der Waals surface area contributed by atoms with E-state index in [-0.39, 0.29) is 24.8 Å². The SMILES string of the molecule is CC(C1=CC=CC1)C1=[C]([Zr]=[C](c2ccccc2)c2ccccc2)CC=C1.Cl.Cl. The third-order valence-corrected chi connectivity index (χ3v) is 9.18. The Morgan fingerprint density at radius 2 is 1.43 bits per heavy atom.